The largest absolute Gasteiger partial charge is 0.469 e. The molecule has 16 heavy (non-hydrogen) atoms. The normalized spacial score (nSPS) is 9.62. The van der Waals surface area contributed by atoms with Crippen LogP contribution < -0.4 is 5.32 Å². The van der Waals surface area contributed by atoms with Crippen LogP contribution >= 0.6 is 0 Å². The molecule has 4 nitrogen and oxygen atoms in total. The van der Waals surface area contributed by atoms with Gasteiger partial charge in [-0.2, -0.15) is 0 Å². The van der Waals surface area contributed by atoms with E-state index in [-0.39, 0.29) is 18.5 Å². The summed E-state index contributed by atoms with van der Waals surface area (Å²) >= 11 is 0. The van der Waals surface area contributed by atoms with Gasteiger partial charge in [-0.05, 0) is 12.1 Å². The zero-order valence-electron chi connectivity index (χ0n) is 8.83. The van der Waals surface area contributed by atoms with Crippen LogP contribution in [0.2, 0.25) is 0 Å². The fourth-order valence-corrected chi connectivity index (χ4v) is 1.12. The Bertz CT molecular complexity index is 393. The van der Waals surface area contributed by atoms with E-state index in [2.05, 4.69) is 10.1 Å². The number of nitrogens with one attached hydrogen (secondary N) is 1. The van der Waals surface area contributed by atoms with Gasteiger partial charge in [-0.25, -0.2) is 4.39 Å². The molecule has 0 heterocycles. The molecule has 1 aromatic carbocycles. The summed E-state index contributed by atoms with van der Waals surface area (Å²) in [5.41, 5.74) is -0.0348. The maximum atomic E-state index is 13.1. The quantitative estimate of drug-likeness (QED) is 0.781. The van der Waals surface area contributed by atoms with Gasteiger partial charge in [-0.1, -0.05) is 12.1 Å². The van der Waals surface area contributed by atoms with Gasteiger partial charge in [0.1, 0.15) is 5.82 Å². The molecule has 0 unspecified atom stereocenters. The molecule has 0 atom stereocenters. The molecule has 0 bridgehead atoms. The summed E-state index contributed by atoms with van der Waals surface area (Å²) in [4.78, 5) is 22.2. The van der Waals surface area contributed by atoms with Crippen LogP contribution in [0.3, 0.4) is 0 Å². The smallest absolute Gasteiger partial charge is 0.307 e. The van der Waals surface area contributed by atoms with Crippen molar-refractivity contribution in [3.05, 3.63) is 35.6 Å². The lowest BCUT2D eigenvalue weighted by atomic mass is 10.2. The van der Waals surface area contributed by atoms with Crippen LogP contribution in [0.4, 0.5) is 4.39 Å². The van der Waals surface area contributed by atoms with E-state index in [1.165, 1.54) is 25.3 Å². The van der Waals surface area contributed by atoms with E-state index < -0.39 is 17.7 Å². The van der Waals surface area contributed by atoms with Gasteiger partial charge in [0.2, 0.25) is 0 Å². The molecule has 5 heteroatoms. The van der Waals surface area contributed by atoms with E-state index in [9.17, 15) is 14.0 Å². The van der Waals surface area contributed by atoms with Gasteiger partial charge in [0.15, 0.2) is 0 Å². The summed E-state index contributed by atoms with van der Waals surface area (Å²) in [6.45, 7) is 0.125. The number of hydrogen-bond acceptors (Lipinski definition) is 3. The Morgan fingerprint density at radius 1 is 1.38 bits per heavy atom. The molecule has 0 radical (unpaired) electrons. The first-order valence-electron chi connectivity index (χ1n) is 4.74. The molecule has 1 rings (SSSR count). The Hall–Kier alpha value is -1.91. The van der Waals surface area contributed by atoms with Crippen molar-refractivity contribution in [3.8, 4) is 0 Å². The van der Waals surface area contributed by atoms with Crippen LogP contribution in [0.25, 0.3) is 0 Å². The van der Waals surface area contributed by atoms with Crippen molar-refractivity contribution in [3.63, 3.8) is 0 Å². The van der Waals surface area contributed by atoms with Gasteiger partial charge in [0, 0.05) is 6.54 Å². The highest BCUT2D eigenvalue weighted by Crippen LogP contribution is 2.05. The van der Waals surface area contributed by atoms with Crippen LogP contribution in [0.15, 0.2) is 24.3 Å². The van der Waals surface area contributed by atoms with Gasteiger partial charge in [0.25, 0.3) is 5.91 Å². The molecule has 0 saturated heterocycles. The van der Waals surface area contributed by atoms with Crippen molar-refractivity contribution in [2.24, 2.45) is 0 Å². The van der Waals surface area contributed by atoms with E-state index in [4.69, 9.17) is 0 Å². The van der Waals surface area contributed by atoms with Crippen molar-refractivity contribution in [2.45, 2.75) is 6.42 Å². The lowest BCUT2D eigenvalue weighted by Crippen LogP contribution is -2.27. The summed E-state index contributed by atoms with van der Waals surface area (Å²) in [5, 5.41) is 2.43. The SMILES string of the molecule is COC(=O)CCNC(=O)c1ccccc1F. The molecule has 0 saturated carbocycles. The number of benzene rings is 1. The van der Waals surface area contributed by atoms with E-state index in [0.717, 1.165) is 0 Å². The minimum absolute atomic E-state index is 0.0348. The topological polar surface area (TPSA) is 55.4 Å². The third kappa shape index (κ3) is 3.34. The highest BCUT2D eigenvalue weighted by Gasteiger charge is 2.10. The molecular formula is C11H12FNO3. The highest BCUT2D eigenvalue weighted by atomic mass is 19.1. The molecule has 1 aromatic rings. The van der Waals surface area contributed by atoms with Crippen molar-refractivity contribution in [1.29, 1.82) is 0 Å². The second-order valence-electron chi connectivity index (χ2n) is 3.06. The average molecular weight is 225 g/mol. The first-order valence-corrected chi connectivity index (χ1v) is 4.74. The number of esters is 1. The second kappa shape index (κ2) is 5.85. The van der Waals surface area contributed by atoms with E-state index in [0.29, 0.717) is 0 Å². The number of amides is 1. The van der Waals surface area contributed by atoms with Crippen molar-refractivity contribution >= 4 is 11.9 Å². The zero-order chi connectivity index (χ0) is 12.0. The van der Waals surface area contributed by atoms with Crippen LogP contribution in [0, 0.1) is 5.82 Å². The summed E-state index contributed by atoms with van der Waals surface area (Å²) in [7, 11) is 1.26. The molecule has 0 aliphatic rings. The Morgan fingerprint density at radius 2 is 2.06 bits per heavy atom. The van der Waals surface area contributed by atoms with E-state index >= 15 is 0 Å². The lowest BCUT2D eigenvalue weighted by Gasteiger charge is -2.04. The number of halogens is 1. The van der Waals surface area contributed by atoms with Gasteiger partial charge >= 0.3 is 5.97 Å². The number of rotatable bonds is 4. The number of hydrogen-bond donors (Lipinski definition) is 1. The Kier molecular flexibility index (Phi) is 4.44. The Labute approximate surface area is 92.4 Å². The molecule has 1 N–H and O–H groups in total. The number of carbonyl (C=O) groups excluding carboxylic acids is 2. The first-order chi connectivity index (χ1) is 7.65. The first kappa shape index (κ1) is 12.2. The predicted octanol–water partition coefficient (Wildman–Crippen LogP) is 1.12. The van der Waals surface area contributed by atoms with Gasteiger partial charge in [0.05, 0.1) is 19.1 Å². The highest BCUT2D eigenvalue weighted by molar-refractivity contribution is 5.94. The third-order valence-electron chi connectivity index (χ3n) is 1.96. The maximum Gasteiger partial charge on any atom is 0.307 e. The standard InChI is InChI=1S/C11H12FNO3/c1-16-10(14)6-7-13-11(15)8-4-2-3-5-9(8)12/h2-5H,6-7H2,1H3,(H,13,15). The van der Waals surface area contributed by atoms with Crippen LogP contribution in [0.5, 0.6) is 0 Å². The molecule has 0 fully saturated rings. The van der Waals surface area contributed by atoms with Crippen molar-refractivity contribution in [2.75, 3.05) is 13.7 Å². The average Bonchev–Trinajstić information content (AvgIpc) is 2.29. The predicted molar refractivity (Wildman–Crippen MR) is 55.4 cm³/mol. The molecule has 0 aliphatic heterocycles. The summed E-state index contributed by atoms with van der Waals surface area (Å²) in [6.07, 6.45) is 0.0662. The molecule has 0 spiro atoms. The molecular weight excluding hydrogens is 213 g/mol. The van der Waals surface area contributed by atoms with Gasteiger partial charge < -0.3 is 10.1 Å². The molecule has 1 amide bonds. The number of methoxy groups -OCH3 is 1. The van der Waals surface area contributed by atoms with E-state index in [1.807, 2.05) is 0 Å². The summed E-state index contributed by atoms with van der Waals surface area (Å²) in [6, 6.07) is 5.65. The maximum absolute atomic E-state index is 13.1. The van der Waals surface area contributed by atoms with Crippen LogP contribution in [0.1, 0.15) is 16.8 Å². The van der Waals surface area contributed by atoms with Gasteiger partial charge in [-0.3, -0.25) is 9.59 Å². The lowest BCUT2D eigenvalue weighted by molar-refractivity contribution is -0.140. The van der Waals surface area contributed by atoms with Crippen LogP contribution in [-0.4, -0.2) is 25.5 Å². The monoisotopic (exact) mass is 225 g/mol. The minimum Gasteiger partial charge on any atom is -0.469 e. The van der Waals surface area contributed by atoms with Crippen LogP contribution in [-0.2, 0) is 9.53 Å². The van der Waals surface area contributed by atoms with Crippen molar-refractivity contribution < 1.29 is 18.7 Å². The van der Waals surface area contributed by atoms with Gasteiger partial charge in [-0.15, -0.1) is 0 Å². The number of ether oxygens (including phenoxy) is 1. The van der Waals surface area contributed by atoms with E-state index in [1.54, 1.807) is 6.07 Å². The summed E-state index contributed by atoms with van der Waals surface area (Å²) < 4.78 is 17.5. The molecule has 0 aliphatic carbocycles. The fourth-order valence-electron chi connectivity index (χ4n) is 1.12. The van der Waals surface area contributed by atoms with Crippen molar-refractivity contribution in [1.82, 2.24) is 5.32 Å². The third-order valence-corrected chi connectivity index (χ3v) is 1.96. The fraction of sp³-hybridized carbons (Fsp3) is 0.273. The Morgan fingerprint density at radius 3 is 2.69 bits per heavy atom. The molecule has 0 aromatic heterocycles. The minimum atomic E-state index is -0.585. The second-order valence-corrected chi connectivity index (χ2v) is 3.06. The summed E-state index contributed by atoms with van der Waals surface area (Å²) in [5.74, 6) is -1.55. The Balaban J connectivity index is 2.47. The zero-order valence-corrected chi connectivity index (χ0v) is 8.83. The molecule has 86 valence electrons. The number of carbonyl (C=O) groups is 2.